The van der Waals surface area contributed by atoms with Crippen molar-refractivity contribution < 1.29 is 151 Å². The van der Waals surface area contributed by atoms with Crippen LogP contribution in [-0.2, 0) is 23.8 Å². The molecule has 0 aliphatic rings. The highest BCUT2D eigenvalue weighted by molar-refractivity contribution is 7.90. The van der Waals surface area contributed by atoms with E-state index in [0.29, 0.717) is 0 Å². The number of nitrogens with zero attached hydrogens (tertiary/aromatic N) is 1. The molecule has 0 aromatic carbocycles. The van der Waals surface area contributed by atoms with Crippen LogP contribution < -0.4 is 0 Å². The first-order valence-electron chi connectivity index (χ1n) is 10.9. The molecule has 37 heteroatoms. The average Bonchev–Trinajstić information content (AvgIpc) is 2.84. The van der Waals surface area contributed by atoms with E-state index >= 15 is 0 Å². The number of phosphoric ester groups is 1. The Kier molecular flexibility index (Phi) is 12.4. The van der Waals surface area contributed by atoms with Crippen LogP contribution in [0.3, 0.4) is 0 Å². The van der Waals surface area contributed by atoms with Crippen LogP contribution in [0.4, 0.5) is 119 Å². The number of sulfonamides is 1. The van der Waals surface area contributed by atoms with Crippen molar-refractivity contribution in [2.24, 2.45) is 0 Å². The van der Waals surface area contributed by atoms with Gasteiger partial charge in [-0.3, -0.25) is 0 Å². The minimum absolute atomic E-state index is 0.762. The fraction of sp³-hybridized carbons (Fsp3) is 1.00. The number of ether oxygens (including phenoxy) is 1. The van der Waals surface area contributed by atoms with Crippen LogP contribution in [0, 0.1) is 0 Å². The Bertz CT molecular complexity index is 1470. The molecule has 0 bridgehead atoms. The summed E-state index contributed by atoms with van der Waals surface area (Å²) in [5.41, 5.74) is 0. The summed E-state index contributed by atoms with van der Waals surface area (Å²) in [5.74, 6) is -64.7. The van der Waals surface area contributed by atoms with E-state index in [1.807, 2.05) is 4.52 Å². The van der Waals surface area contributed by atoms with Crippen LogP contribution in [0.2, 0.25) is 0 Å². The lowest BCUT2D eigenvalue weighted by atomic mass is 9.91. The summed E-state index contributed by atoms with van der Waals surface area (Å²) >= 11 is 0. The van der Waals surface area contributed by atoms with Gasteiger partial charge in [0.15, 0.2) is 0 Å². The second-order valence-corrected chi connectivity index (χ2v) is 12.0. The van der Waals surface area contributed by atoms with Crippen molar-refractivity contribution >= 4 is 17.8 Å². The van der Waals surface area contributed by atoms with Gasteiger partial charge in [-0.05, 0) is 0 Å². The molecule has 314 valence electrons. The number of hydrogen-bond acceptors (Lipinski definition) is 5. The topological polar surface area (TPSA) is 113 Å². The molecule has 0 aliphatic heterocycles. The number of rotatable bonds is 16. The Balaban J connectivity index is 7.58. The number of phosphoric acid groups is 1. The molecular weight excluding hydrogens is 882 g/mol. The molecule has 1 atom stereocenters. The Morgan fingerprint density at radius 3 is 1.10 bits per heavy atom. The summed E-state index contributed by atoms with van der Waals surface area (Å²) in [6.45, 7) is -4.17. The molecule has 0 saturated carbocycles. The van der Waals surface area contributed by atoms with Gasteiger partial charge in [0.05, 0.1) is 0 Å². The zero-order chi connectivity index (χ0) is 43.2. The van der Waals surface area contributed by atoms with Crippen LogP contribution in [0.15, 0.2) is 0 Å². The van der Waals surface area contributed by atoms with Crippen LogP contribution in [0.1, 0.15) is 6.92 Å². The standard InChI is InChI=1S/C15H7F27NO7PS/c1-2-43(12(36,37)9(28,29)13(38,39)49-15(42,11(33,34)35)50-51(44,45)46)52(47,48)14(40,41)8(26,27)6(22,23)4(18,19)3(16,17)5(20,21)7(24,25)10(30,31)32/h2H2,1H3,(H2,44,45,46). The second-order valence-electron chi connectivity index (χ2n) is 8.98. The van der Waals surface area contributed by atoms with Crippen molar-refractivity contribution in [3.8, 4) is 0 Å². The van der Waals surface area contributed by atoms with Gasteiger partial charge in [0.25, 0.3) is 10.0 Å². The maximum Gasteiger partial charge on any atom is 0.478 e. The number of halogens is 27. The van der Waals surface area contributed by atoms with E-state index in [2.05, 4.69) is 0 Å². The third-order valence-electron chi connectivity index (χ3n) is 5.49. The number of hydrogen-bond donors (Lipinski definition) is 2. The van der Waals surface area contributed by atoms with Crippen molar-refractivity contribution in [2.45, 2.75) is 84.2 Å². The lowest BCUT2D eigenvalue weighted by Crippen LogP contribution is -2.76. The summed E-state index contributed by atoms with van der Waals surface area (Å²) in [4.78, 5) is 16.2. The molecule has 0 heterocycles. The molecule has 0 spiro atoms. The highest BCUT2D eigenvalue weighted by Crippen LogP contribution is 2.65. The predicted molar refractivity (Wildman–Crippen MR) is 101 cm³/mol. The molecule has 0 saturated heterocycles. The van der Waals surface area contributed by atoms with Gasteiger partial charge < -0.3 is 9.79 Å². The molecule has 0 fully saturated rings. The van der Waals surface area contributed by atoms with E-state index < -0.39 is 113 Å². The molecule has 0 amide bonds. The highest BCUT2D eigenvalue weighted by Gasteiger charge is 2.97. The third kappa shape index (κ3) is 7.04. The lowest BCUT2D eigenvalue weighted by Gasteiger charge is -2.44. The van der Waals surface area contributed by atoms with Gasteiger partial charge in [-0.2, -0.15) is 119 Å². The normalized spacial score (nSPS) is 17.8. The van der Waals surface area contributed by atoms with E-state index in [1.165, 1.54) is 4.74 Å². The van der Waals surface area contributed by atoms with Crippen molar-refractivity contribution in [3.63, 3.8) is 0 Å². The monoisotopic (exact) mass is 889 g/mol. The Hall–Kier alpha value is -1.91. The molecule has 2 N–H and O–H groups in total. The molecule has 0 rings (SSSR count). The third-order valence-corrected chi connectivity index (χ3v) is 7.93. The first kappa shape index (κ1) is 50.1. The Morgan fingerprint density at radius 2 is 0.827 bits per heavy atom. The molecule has 52 heavy (non-hydrogen) atoms. The van der Waals surface area contributed by atoms with Crippen LogP contribution >= 0.6 is 7.82 Å². The van der Waals surface area contributed by atoms with Crippen molar-refractivity contribution in [1.29, 1.82) is 0 Å². The molecular formula is C15H7F27NO7PS. The van der Waals surface area contributed by atoms with Crippen LogP contribution in [0.25, 0.3) is 0 Å². The summed E-state index contributed by atoms with van der Waals surface area (Å²) in [6, 6.07) is -15.9. The maximum absolute atomic E-state index is 14.4. The van der Waals surface area contributed by atoms with Crippen molar-refractivity contribution in [3.05, 3.63) is 0 Å². The fourth-order valence-electron chi connectivity index (χ4n) is 2.81. The summed E-state index contributed by atoms with van der Waals surface area (Å²) in [7, 11) is -16.9. The molecule has 0 aliphatic carbocycles. The zero-order valence-electron chi connectivity index (χ0n) is 22.7. The molecule has 0 radical (unpaired) electrons. The van der Waals surface area contributed by atoms with E-state index in [9.17, 15) is 132 Å². The van der Waals surface area contributed by atoms with Gasteiger partial charge in [0.1, 0.15) is 0 Å². The minimum atomic E-state index is -9.62. The largest absolute Gasteiger partial charge is 0.478 e. The summed E-state index contributed by atoms with van der Waals surface area (Å²) in [6.07, 6.45) is -24.3. The van der Waals surface area contributed by atoms with E-state index in [1.54, 1.807) is 0 Å². The van der Waals surface area contributed by atoms with E-state index in [0.717, 1.165) is 0 Å². The second kappa shape index (κ2) is 12.8. The average molecular weight is 889 g/mol. The fourth-order valence-corrected chi connectivity index (χ4v) is 4.74. The Labute approximate surface area is 264 Å². The zero-order valence-corrected chi connectivity index (χ0v) is 24.4. The molecule has 8 nitrogen and oxygen atoms in total. The smallest absolute Gasteiger partial charge is 0.303 e. The summed E-state index contributed by atoms with van der Waals surface area (Å²) in [5, 5.41) is -9.12. The molecule has 0 aromatic heterocycles. The quantitative estimate of drug-likeness (QED) is 0.0706. The SMILES string of the molecule is CCN(C(F)(F)C(F)(F)C(F)(F)OC(F)(OP(=O)(O)O)C(F)(F)F)S(=O)(=O)C(F)(F)C(F)(F)C(F)(F)C(F)(F)C(F)(F)C(F)(F)C(F)(F)C(F)(F)F. The van der Waals surface area contributed by atoms with Gasteiger partial charge in [-0.15, -0.1) is 4.31 Å². The highest BCUT2D eigenvalue weighted by atomic mass is 32.2. The lowest BCUT2D eigenvalue weighted by molar-refractivity contribution is -0.517. The summed E-state index contributed by atoms with van der Waals surface area (Å²) < 4.78 is 398. The van der Waals surface area contributed by atoms with E-state index in [4.69, 9.17) is 9.79 Å². The molecule has 0 aromatic rings. The van der Waals surface area contributed by atoms with Crippen LogP contribution in [0.5, 0.6) is 0 Å². The van der Waals surface area contributed by atoms with E-state index in [-0.39, 0.29) is 0 Å². The van der Waals surface area contributed by atoms with Gasteiger partial charge >= 0.3 is 85.1 Å². The van der Waals surface area contributed by atoms with Crippen LogP contribution in [-0.4, -0.2) is 106 Å². The minimum Gasteiger partial charge on any atom is -0.303 e. The van der Waals surface area contributed by atoms with Gasteiger partial charge in [-0.25, -0.2) is 22.2 Å². The van der Waals surface area contributed by atoms with Gasteiger partial charge in [0.2, 0.25) is 0 Å². The van der Waals surface area contributed by atoms with Gasteiger partial charge in [-0.1, -0.05) is 6.92 Å². The molecule has 1 unspecified atom stereocenters. The van der Waals surface area contributed by atoms with Crippen molar-refractivity contribution in [1.82, 2.24) is 4.31 Å². The Morgan fingerprint density at radius 1 is 0.519 bits per heavy atom. The predicted octanol–water partition coefficient (Wildman–Crippen LogP) is 7.74. The first-order chi connectivity index (χ1) is 21.9. The van der Waals surface area contributed by atoms with Crippen molar-refractivity contribution in [2.75, 3.05) is 6.54 Å². The number of alkyl halides is 27. The van der Waals surface area contributed by atoms with Gasteiger partial charge in [0, 0.05) is 6.54 Å². The maximum atomic E-state index is 14.4. The first-order valence-corrected chi connectivity index (χ1v) is 13.9.